The quantitative estimate of drug-likeness (QED) is 0.533. The number of nitrogens with one attached hydrogen (secondary N) is 1. The van der Waals surface area contributed by atoms with E-state index in [1.54, 1.807) is 7.05 Å². The van der Waals surface area contributed by atoms with Gasteiger partial charge in [-0.05, 0) is 24.7 Å². The molecule has 0 amide bonds. The number of aliphatic hydroxyl groups is 2. The second-order valence-corrected chi connectivity index (χ2v) is 3.35. The lowest BCUT2D eigenvalue weighted by Gasteiger charge is -2.18. The van der Waals surface area contributed by atoms with Gasteiger partial charge in [0.15, 0.2) is 0 Å². The molecule has 4 nitrogen and oxygen atoms in total. The molecule has 0 saturated carbocycles. The van der Waals surface area contributed by atoms with Crippen LogP contribution in [0.4, 0.5) is 10.1 Å². The molecule has 5 N–H and O–H groups in total. The largest absolute Gasteiger partial charge is 0.396 e. The average molecular weight is 214 g/mol. The summed E-state index contributed by atoms with van der Waals surface area (Å²) in [5, 5.41) is 21.9. The van der Waals surface area contributed by atoms with Crippen LogP contribution in [0.3, 0.4) is 0 Å². The van der Waals surface area contributed by atoms with Crippen molar-refractivity contribution in [3.63, 3.8) is 0 Å². The molecule has 84 valence electrons. The molecule has 0 bridgehead atoms. The Morgan fingerprint density at radius 2 is 2.13 bits per heavy atom. The molecule has 2 atom stereocenters. The van der Waals surface area contributed by atoms with E-state index in [4.69, 9.17) is 5.73 Å². The van der Waals surface area contributed by atoms with Gasteiger partial charge in [0.2, 0.25) is 0 Å². The highest BCUT2D eigenvalue weighted by molar-refractivity contribution is 5.43. The Labute approximate surface area is 87.5 Å². The summed E-state index contributed by atoms with van der Waals surface area (Å²) in [6.07, 6.45) is -2.01. The minimum atomic E-state index is -1.07. The van der Waals surface area contributed by atoms with Crippen molar-refractivity contribution in [2.75, 3.05) is 19.3 Å². The van der Waals surface area contributed by atoms with E-state index in [2.05, 4.69) is 5.32 Å². The highest BCUT2D eigenvalue weighted by Crippen LogP contribution is 2.20. The molecular formula is C10H15FN2O2. The van der Waals surface area contributed by atoms with Crippen molar-refractivity contribution in [1.29, 1.82) is 0 Å². The van der Waals surface area contributed by atoms with Crippen LogP contribution in [0.15, 0.2) is 18.2 Å². The number of rotatable bonds is 4. The Kier molecular flexibility index (Phi) is 4.02. The fourth-order valence-electron chi connectivity index (χ4n) is 1.29. The number of hydrogen-bond acceptors (Lipinski definition) is 4. The maximum Gasteiger partial charge on any atom is 0.146 e. The van der Waals surface area contributed by atoms with Gasteiger partial charge in [-0.25, -0.2) is 4.39 Å². The van der Waals surface area contributed by atoms with E-state index < -0.39 is 18.0 Å². The molecule has 1 rings (SSSR count). The fourth-order valence-corrected chi connectivity index (χ4v) is 1.29. The molecule has 0 saturated heterocycles. The Morgan fingerprint density at radius 1 is 1.47 bits per heavy atom. The number of hydrogen-bond donors (Lipinski definition) is 4. The van der Waals surface area contributed by atoms with Gasteiger partial charge in [0, 0.05) is 6.54 Å². The first kappa shape index (κ1) is 11.9. The van der Waals surface area contributed by atoms with Crippen LogP contribution in [0.1, 0.15) is 11.7 Å². The van der Waals surface area contributed by atoms with Crippen molar-refractivity contribution in [1.82, 2.24) is 5.32 Å². The van der Waals surface area contributed by atoms with Gasteiger partial charge in [-0.3, -0.25) is 0 Å². The highest BCUT2D eigenvalue weighted by atomic mass is 19.1. The van der Waals surface area contributed by atoms with E-state index in [9.17, 15) is 14.6 Å². The molecule has 1 aromatic carbocycles. The third kappa shape index (κ3) is 2.89. The first-order chi connectivity index (χ1) is 7.06. The van der Waals surface area contributed by atoms with Crippen molar-refractivity contribution in [2.45, 2.75) is 12.2 Å². The van der Waals surface area contributed by atoms with Gasteiger partial charge in [-0.2, -0.15) is 0 Å². The van der Waals surface area contributed by atoms with Crippen molar-refractivity contribution < 1.29 is 14.6 Å². The lowest BCUT2D eigenvalue weighted by Crippen LogP contribution is -2.29. The zero-order valence-electron chi connectivity index (χ0n) is 8.44. The lowest BCUT2D eigenvalue weighted by atomic mass is 10.0. The first-order valence-electron chi connectivity index (χ1n) is 4.62. The van der Waals surface area contributed by atoms with Crippen molar-refractivity contribution >= 4 is 5.69 Å². The second kappa shape index (κ2) is 5.06. The molecular weight excluding hydrogens is 199 g/mol. The molecule has 0 heterocycles. The zero-order valence-corrected chi connectivity index (χ0v) is 8.44. The summed E-state index contributed by atoms with van der Waals surface area (Å²) in [6, 6.07) is 3.88. The number of aliphatic hydroxyl groups excluding tert-OH is 2. The summed E-state index contributed by atoms with van der Waals surface area (Å²) in [6.45, 7) is 0.248. The number of halogens is 1. The van der Waals surface area contributed by atoms with Crippen LogP contribution in [-0.2, 0) is 0 Å². The van der Waals surface area contributed by atoms with Gasteiger partial charge in [0.1, 0.15) is 11.9 Å². The molecule has 0 aliphatic heterocycles. The van der Waals surface area contributed by atoms with Crippen molar-refractivity contribution in [3.05, 3.63) is 29.6 Å². The van der Waals surface area contributed by atoms with E-state index in [1.165, 1.54) is 18.2 Å². The molecule has 15 heavy (non-hydrogen) atoms. The van der Waals surface area contributed by atoms with E-state index in [-0.39, 0.29) is 12.2 Å². The number of benzene rings is 1. The topological polar surface area (TPSA) is 78.5 Å². The molecule has 0 fully saturated rings. The molecule has 0 radical (unpaired) electrons. The maximum absolute atomic E-state index is 12.8. The Hall–Kier alpha value is -1.17. The minimum Gasteiger partial charge on any atom is -0.396 e. The highest BCUT2D eigenvalue weighted by Gasteiger charge is 2.18. The molecule has 0 aromatic heterocycles. The van der Waals surface area contributed by atoms with Gasteiger partial charge >= 0.3 is 0 Å². The van der Waals surface area contributed by atoms with E-state index in [1.807, 2.05) is 0 Å². The number of nitrogen functional groups attached to an aromatic ring is 1. The Morgan fingerprint density at radius 3 is 2.67 bits per heavy atom. The van der Waals surface area contributed by atoms with Gasteiger partial charge in [0.05, 0.1) is 11.8 Å². The van der Waals surface area contributed by atoms with Crippen LogP contribution in [0.2, 0.25) is 0 Å². The predicted octanol–water partition coefficient (Wildman–Crippen LogP) is 0.0216. The zero-order chi connectivity index (χ0) is 11.4. The Balaban J connectivity index is 2.81. The van der Waals surface area contributed by atoms with Crippen LogP contribution in [0.5, 0.6) is 0 Å². The Bertz CT molecular complexity index is 333. The summed E-state index contributed by atoms with van der Waals surface area (Å²) in [7, 11) is 1.66. The van der Waals surface area contributed by atoms with Crippen molar-refractivity contribution in [3.8, 4) is 0 Å². The summed E-state index contributed by atoms with van der Waals surface area (Å²) >= 11 is 0. The smallest absolute Gasteiger partial charge is 0.146 e. The van der Waals surface area contributed by atoms with Gasteiger partial charge < -0.3 is 21.3 Å². The summed E-state index contributed by atoms with van der Waals surface area (Å²) in [4.78, 5) is 0. The van der Waals surface area contributed by atoms with Crippen LogP contribution in [0, 0.1) is 5.82 Å². The normalized spacial score (nSPS) is 14.9. The average Bonchev–Trinajstić information content (AvgIpc) is 2.21. The molecule has 0 spiro atoms. The monoisotopic (exact) mass is 214 g/mol. The van der Waals surface area contributed by atoms with Crippen LogP contribution >= 0.6 is 0 Å². The predicted molar refractivity (Wildman–Crippen MR) is 55.7 cm³/mol. The fraction of sp³-hybridized carbons (Fsp3) is 0.400. The molecule has 1 aromatic rings. The minimum absolute atomic E-state index is 0.0387. The molecule has 5 heteroatoms. The summed E-state index contributed by atoms with van der Waals surface area (Å²) in [5.74, 6) is -0.533. The van der Waals surface area contributed by atoms with Crippen LogP contribution in [-0.4, -0.2) is 29.9 Å². The molecule has 0 aliphatic rings. The third-order valence-corrected chi connectivity index (χ3v) is 2.14. The van der Waals surface area contributed by atoms with Gasteiger partial charge in [0.25, 0.3) is 0 Å². The second-order valence-electron chi connectivity index (χ2n) is 3.35. The van der Waals surface area contributed by atoms with Crippen LogP contribution in [0.25, 0.3) is 0 Å². The van der Waals surface area contributed by atoms with Gasteiger partial charge in [-0.1, -0.05) is 6.07 Å². The van der Waals surface area contributed by atoms with Gasteiger partial charge in [-0.15, -0.1) is 0 Å². The summed E-state index contributed by atoms with van der Waals surface area (Å²) < 4.78 is 12.8. The standard InChI is InChI=1S/C10H15FN2O2/c1-13-5-9(14)10(15)6-2-3-7(11)8(12)4-6/h2-4,9-10,13-15H,5,12H2,1H3. The number of anilines is 1. The van der Waals surface area contributed by atoms with E-state index >= 15 is 0 Å². The SMILES string of the molecule is CNCC(O)C(O)c1ccc(F)c(N)c1. The lowest BCUT2D eigenvalue weighted by molar-refractivity contribution is 0.0202. The maximum atomic E-state index is 12.8. The molecule has 0 aliphatic carbocycles. The molecule has 2 unspecified atom stereocenters. The van der Waals surface area contributed by atoms with Crippen molar-refractivity contribution in [2.24, 2.45) is 0 Å². The summed E-state index contributed by atoms with van der Waals surface area (Å²) in [5.41, 5.74) is 5.71. The number of likely N-dealkylation sites (N-methyl/N-ethyl adjacent to an activating group) is 1. The van der Waals surface area contributed by atoms with E-state index in [0.717, 1.165) is 0 Å². The van der Waals surface area contributed by atoms with Crippen LogP contribution < -0.4 is 11.1 Å². The number of nitrogens with two attached hydrogens (primary N) is 1. The first-order valence-corrected chi connectivity index (χ1v) is 4.62. The third-order valence-electron chi connectivity index (χ3n) is 2.14. The van der Waals surface area contributed by atoms with E-state index in [0.29, 0.717) is 5.56 Å².